The van der Waals surface area contributed by atoms with Crippen LogP contribution < -0.4 is 0 Å². The molecular weight excluding hydrogens is 238 g/mol. The normalized spacial score (nSPS) is 10.9. The van der Waals surface area contributed by atoms with Gasteiger partial charge in [0.25, 0.3) is 0 Å². The van der Waals surface area contributed by atoms with Gasteiger partial charge in [-0.15, -0.1) is 0 Å². The molecular formula is C8H4BrNO3. The number of hydrogen-bond donors (Lipinski definition) is 1. The smallest absolute Gasteiger partial charge is 0.346 e. The zero-order valence-corrected chi connectivity index (χ0v) is 7.91. The van der Waals surface area contributed by atoms with Crippen LogP contribution in [0.3, 0.4) is 0 Å². The first-order chi connectivity index (χ1) is 6.13. The van der Waals surface area contributed by atoms with E-state index in [1.807, 2.05) is 0 Å². The second kappa shape index (κ2) is 3.92. The van der Waals surface area contributed by atoms with Gasteiger partial charge in [0.2, 0.25) is 0 Å². The molecule has 0 spiro atoms. The summed E-state index contributed by atoms with van der Waals surface area (Å²) < 4.78 is 5.48. The lowest BCUT2D eigenvalue weighted by molar-refractivity contribution is -0.132. The molecule has 1 N–H and O–H groups in total. The van der Waals surface area contributed by atoms with Crippen molar-refractivity contribution in [3.8, 4) is 6.07 Å². The Bertz CT molecular complexity index is 400. The van der Waals surface area contributed by atoms with Crippen LogP contribution >= 0.6 is 15.9 Å². The summed E-state index contributed by atoms with van der Waals surface area (Å²) in [5.41, 5.74) is -0.359. The molecule has 1 rings (SSSR count). The van der Waals surface area contributed by atoms with Crippen molar-refractivity contribution in [3.63, 3.8) is 0 Å². The van der Waals surface area contributed by atoms with Crippen LogP contribution in [-0.4, -0.2) is 11.1 Å². The fourth-order valence-corrected chi connectivity index (χ4v) is 1.01. The topological polar surface area (TPSA) is 74.2 Å². The van der Waals surface area contributed by atoms with Crippen LogP contribution in [0.1, 0.15) is 5.76 Å². The van der Waals surface area contributed by atoms with Gasteiger partial charge in [0, 0.05) is 6.08 Å². The van der Waals surface area contributed by atoms with Gasteiger partial charge in [0.15, 0.2) is 4.67 Å². The van der Waals surface area contributed by atoms with E-state index in [-0.39, 0.29) is 5.57 Å². The highest BCUT2D eigenvalue weighted by molar-refractivity contribution is 9.10. The predicted molar refractivity (Wildman–Crippen MR) is 47.6 cm³/mol. The maximum Gasteiger partial charge on any atom is 0.346 e. The summed E-state index contributed by atoms with van der Waals surface area (Å²) in [7, 11) is 0. The Kier molecular flexibility index (Phi) is 2.88. The van der Waals surface area contributed by atoms with E-state index in [4.69, 9.17) is 14.8 Å². The molecule has 1 aromatic heterocycles. The van der Waals surface area contributed by atoms with Crippen LogP contribution in [0.25, 0.3) is 6.08 Å². The van der Waals surface area contributed by atoms with Gasteiger partial charge >= 0.3 is 5.97 Å². The SMILES string of the molecule is N#C/C(=C/c1ccc(Br)o1)C(=O)O. The minimum Gasteiger partial charge on any atom is -0.477 e. The molecule has 5 heteroatoms. The number of aliphatic carboxylic acids is 1. The van der Waals surface area contributed by atoms with E-state index >= 15 is 0 Å². The first kappa shape index (κ1) is 9.55. The molecule has 0 radical (unpaired) electrons. The first-order valence-corrected chi connectivity index (χ1v) is 4.03. The molecule has 13 heavy (non-hydrogen) atoms. The number of carbonyl (C=O) groups is 1. The number of halogens is 1. The van der Waals surface area contributed by atoms with E-state index in [0.717, 1.165) is 6.08 Å². The summed E-state index contributed by atoms with van der Waals surface area (Å²) in [6.45, 7) is 0. The summed E-state index contributed by atoms with van der Waals surface area (Å²) in [5, 5.41) is 16.9. The van der Waals surface area contributed by atoms with E-state index in [9.17, 15) is 4.79 Å². The van der Waals surface area contributed by atoms with Crippen molar-refractivity contribution in [2.45, 2.75) is 0 Å². The standard InChI is InChI=1S/C8H4BrNO3/c9-7-2-1-6(13-7)3-5(4-10)8(11)12/h1-3H,(H,11,12)/b5-3-. The van der Waals surface area contributed by atoms with E-state index in [1.165, 1.54) is 0 Å². The first-order valence-electron chi connectivity index (χ1n) is 3.24. The maximum atomic E-state index is 10.4. The number of carboxylic acids is 1. The molecule has 0 unspecified atom stereocenters. The zero-order valence-electron chi connectivity index (χ0n) is 6.32. The summed E-state index contributed by atoms with van der Waals surface area (Å²) in [6.07, 6.45) is 1.16. The Morgan fingerprint density at radius 1 is 1.69 bits per heavy atom. The quantitative estimate of drug-likeness (QED) is 0.635. The largest absolute Gasteiger partial charge is 0.477 e. The molecule has 0 aliphatic heterocycles. The molecule has 0 saturated heterocycles. The average molecular weight is 242 g/mol. The van der Waals surface area contributed by atoms with Crippen molar-refractivity contribution in [1.29, 1.82) is 5.26 Å². The van der Waals surface area contributed by atoms with Crippen LogP contribution in [0.2, 0.25) is 0 Å². The van der Waals surface area contributed by atoms with Gasteiger partial charge in [0.05, 0.1) is 0 Å². The Morgan fingerprint density at radius 2 is 2.38 bits per heavy atom. The Morgan fingerprint density at radius 3 is 2.77 bits per heavy atom. The van der Waals surface area contributed by atoms with Crippen molar-refractivity contribution in [2.24, 2.45) is 0 Å². The highest BCUT2D eigenvalue weighted by Crippen LogP contribution is 2.16. The van der Waals surface area contributed by atoms with Gasteiger partial charge in [-0.25, -0.2) is 4.79 Å². The van der Waals surface area contributed by atoms with E-state index in [2.05, 4.69) is 15.9 Å². The number of furan rings is 1. The van der Waals surface area contributed by atoms with Crippen LogP contribution in [0.15, 0.2) is 26.8 Å². The van der Waals surface area contributed by atoms with E-state index < -0.39 is 5.97 Å². The third-order valence-electron chi connectivity index (χ3n) is 1.23. The van der Waals surface area contributed by atoms with E-state index in [1.54, 1.807) is 18.2 Å². The number of nitrogens with zero attached hydrogens (tertiary/aromatic N) is 1. The van der Waals surface area contributed by atoms with Crippen molar-refractivity contribution < 1.29 is 14.3 Å². The van der Waals surface area contributed by atoms with Gasteiger partial charge in [0.1, 0.15) is 17.4 Å². The molecule has 0 fully saturated rings. The monoisotopic (exact) mass is 241 g/mol. The molecule has 66 valence electrons. The molecule has 0 atom stereocenters. The minimum absolute atomic E-state index is 0.325. The molecule has 0 aliphatic carbocycles. The maximum absolute atomic E-state index is 10.4. The second-order valence-electron chi connectivity index (χ2n) is 2.12. The lowest BCUT2D eigenvalue weighted by Crippen LogP contribution is -1.96. The Labute approximate surface area is 82.2 Å². The molecule has 1 heterocycles. The van der Waals surface area contributed by atoms with Crippen LogP contribution in [0, 0.1) is 11.3 Å². The molecule has 1 aromatic rings. The third-order valence-corrected chi connectivity index (χ3v) is 1.66. The van der Waals surface area contributed by atoms with Crippen LogP contribution in [-0.2, 0) is 4.79 Å². The lowest BCUT2D eigenvalue weighted by atomic mass is 10.2. The zero-order chi connectivity index (χ0) is 9.84. The summed E-state index contributed by atoms with van der Waals surface area (Å²) >= 11 is 3.05. The van der Waals surface area contributed by atoms with Crippen LogP contribution in [0.4, 0.5) is 0 Å². The number of nitriles is 1. The molecule has 4 nitrogen and oxygen atoms in total. The fourth-order valence-electron chi connectivity index (χ4n) is 0.690. The number of carboxylic acid groups (broad SMARTS) is 1. The predicted octanol–water partition coefficient (Wildman–Crippen LogP) is 2.03. The molecule has 0 aliphatic rings. The number of rotatable bonds is 2. The van der Waals surface area contributed by atoms with Crippen LogP contribution in [0.5, 0.6) is 0 Å². The molecule has 0 amide bonds. The third kappa shape index (κ3) is 2.46. The van der Waals surface area contributed by atoms with Crippen molar-refractivity contribution >= 4 is 28.0 Å². The fraction of sp³-hybridized carbons (Fsp3) is 0. The molecule has 0 bridgehead atoms. The van der Waals surface area contributed by atoms with Crippen molar-refractivity contribution in [3.05, 3.63) is 28.1 Å². The highest BCUT2D eigenvalue weighted by atomic mass is 79.9. The number of hydrogen-bond acceptors (Lipinski definition) is 3. The Balaban J connectivity index is 3.00. The minimum atomic E-state index is -1.27. The lowest BCUT2D eigenvalue weighted by Gasteiger charge is -1.87. The van der Waals surface area contributed by atoms with Gasteiger partial charge in [-0.1, -0.05) is 0 Å². The summed E-state index contributed by atoms with van der Waals surface area (Å²) in [4.78, 5) is 10.4. The van der Waals surface area contributed by atoms with Gasteiger partial charge in [-0.3, -0.25) is 0 Å². The van der Waals surface area contributed by atoms with Crippen molar-refractivity contribution in [1.82, 2.24) is 0 Å². The summed E-state index contributed by atoms with van der Waals surface area (Å²) in [5.74, 6) is -0.944. The van der Waals surface area contributed by atoms with Gasteiger partial charge in [-0.05, 0) is 28.1 Å². The molecule has 0 saturated carbocycles. The van der Waals surface area contributed by atoms with Crippen molar-refractivity contribution in [2.75, 3.05) is 0 Å². The van der Waals surface area contributed by atoms with Gasteiger partial charge < -0.3 is 9.52 Å². The Hall–Kier alpha value is -1.54. The average Bonchev–Trinajstić information content (AvgIpc) is 2.46. The highest BCUT2D eigenvalue weighted by Gasteiger charge is 2.06. The van der Waals surface area contributed by atoms with E-state index in [0.29, 0.717) is 10.4 Å². The second-order valence-corrected chi connectivity index (χ2v) is 2.90. The van der Waals surface area contributed by atoms with Gasteiger partial charge in [-0.2, -0.15) is 5.26 Å². The molecule has 0 aromatic carbocycles. The summed E-state index contributed by atoms with van der Waals surface area (Å²) in [6, 6.07) is 4.72.